The summed E-state index contributed by atoms with van der Waals surface area (Å²) in [7, 11) is 5.41. The van der Waals surface area contributed by atoms with E-state index in [0.29, 0.717) is 35.9 Å². The van der Waals surface area contributed by atoms with Gasteiger partial charge in [-0.1, -0.05) is 0 Å². The number of hydrogen-bond acceptors (Lipinski definition) is 9. The van der Waals surface area contributed by atoms with Crippen molar-refractivity contribution in [2.45, 2.75) is 20.5 Å². The Labute approximate surface area is 229 Å². The van der Waals surface area contributed by atoms with Crippen LogP contribution >= 0.6 is 0 Å². The van der Waals surface area contributed by atoms with Crippen molar-refractivity contribution in [1.29, 1.82) is 10.5 Å². The Morgan fingerprint density at radius 2 is 1.77 bits per heavy atom. The number of carbonyl (C=O) groups is 1. The lowest BCUT2D eigenvalue weighted by atomic mass is 10.0. The second-order valence-corrected chi connectivity index (χ2v) is 9.14. The summed E-state index contributed by atoms with van der Waals surface area (Å²) in [5.74, 6) is 0.269. The summed E-state index contributed by atoms with van der Waals surface area (Å²) >= 11 is 0. The molecule has 10 nitrogen and oxygen atoms in total. The number of methoxy groups -OCH3 is 1. The number of benzene rings is 2. The fourth-order valence-corrected chi connectivity index (χ4v) is 3.91. The minimum atomic E-state index is -0.319. The van der Waals surface area contributed by atoms with Gasteiger partial charge in [-0.2, -0.15) is 15.5 Å². The molecule has 0 bridgehead atoms. The van der Waals surface area contributed by atoms with Crippen LogP contribution in [0.3, 0.4) is 0 Å². The molecule has 0 aliphatic rings. The molecule has 0 saturated carbocycles. The molecule has 0 fully saturated rings. The van der Waals surface area contributed by atoms with Gasteiger partial charge in [0.1, 0.15) is 11.4 Å². The average molecular weight is 525 g/mol. The van der Waals surface area contributed by atoms with E-state index in [1.165, 1.54) is 6.08 Å². The molecule has 0 spiro atoms. The quantitative estimate of drug-likeness (QED) is 0.311. The minimum absolute atomic E-state index is 0.0888. The fraction of sp³-hybridized carbons (Fsp3) is 0.276. The smallest absolute Gasteiger partial charge is 0.257 e. The summed E-state index contributed by atoms with van der Waals surface area (Å²) in [4.78, 5) is 24.7. The third-order valence-electron chi connectivity index (χ3n) is 5.76. The van der Waals surface area contributed by atoms with Gasteiger partial charge in [0.05, 0.1) is 30.0 Å². The number of anilines is 4. The van der Waals surface area contributed by atoms with Crippen molar-refractivity contribution in [1.82, 2.24) is 20.2 Å². The third kappa shape index (κ3) is 7.86. The van der Waals surface area contributed by atoms with Crippen LogP contribution in [0.25, 0.3) is 6.08 Å². The topological polar surface area (TPSA) is 139 Å². The van der Waals surface area contributed by atoms with Gasteiger partial charge >= 0.3 is 0 Å². The van der Waals surface area contributed by atoms with Crippen LogP contribution in [-0.4, -0.2) is 55.1 Å². The largest absolute Gasteiger partial charge is 0.378 e. The van der Waals surface area contributed by atoms with Gasteiger partial charge in [0.15, 0.2) is 0 Å². The number of hydrogen-bond donors (Lipinski definition) is 3. The van der Waals surface area contributed by atoms with Crippen molar-refractivity contribution < 1.29 is 9.53 Å². The Morgan fingerprint density at radius 3 is 2.36 bits per heavy atom. The van der Waals surface area contributed by atoms with E-state index in [2.05, 4.69) is 32.0 Å². The van der Waals surface area contributed by atoms with E-state index >= 15 is 0 Å². The first-order valence-electron chi connectivity index (χ1n) is 12.3. The van der Waals surface area contributed by atoms with Crippen LogP contribution in [-0.2, 0) is 11.3 Å². The zero-order valence-corrected chi connectivity index (χ0v) is 22.8. The third-order valence-corrected chi connectivity index (χ3v) is 5.76. The summed E-state index contributed by atoms with van der Waals surface area (Å²) in [6.07, 6.45) is 3.18. The Hall–Kier alpha value is -4.77. The Kier molecular flexibility index (Phi) is 10.1. The molecular weight excluding hydrogens is 492 g/mol. The molecule has 2 aromatic carbocycles. The maximum atomic E-state index is 13.4. The average Bonchev–Trinajstić information content (AvgIpc) is 2.89. The van der Waals surface area contributed by atoms with Gasteiger partial charge in [-0.3, -0.25) is 4.79 Å². The number of carbonyl (C=O) groups excluding carboxylic acids is 1. The van der Waals surface area contributed by atoms with Gasteiger partial charge in [-0.15, -0.1) is 0 Å². The lowest BCUT2D eigenvalue weighted by Crippen LogP contribution is -2.33. The molecule has 39 heavy (non-hydrogen) atoms. The van der Waals surface area contributed by atoms with Crippen LogP contribution in [0, 0.1) is 36.5 Å². The lowest BCUT2D eigenvalue weighted by Gasteiger charge is -2.19. The monoisotopic (exact) mass is 524 g/mol. The van der Waals surface area contributed by atoms with Crippen LogP contribution in [0.15, 0.2) is 42.5 Å². The first-order valence-corrected chi connectivity index (χ1v) is 12.3. The molecule has 0 aliphatic heterocycles. The number of amides is 1. The number of aryl methyl sites for hydroxylation is 2. The van der Waals surface area contributed by atoms with Gasteiger partial charge in [0, 0.05) is 37.7 Å². The standard InChI is InChI=1S/C29H32N8O2/c1-19-15-22(7-6-12-30)16-20(2)26(19)35-27-25(28(38)32-13-14-37(3)4)24(18-39-5)34-29(36-27)33-23-10-8-21(17-31)9-11-23/h6-11,15-16H,13-14,18H2,1-5H3,(H,32,38)(H2,33,34,35,36)/b7-6+. The molecule has 3 N–H and O–H groups in total. The van der Waals surface area contributed by atoms with E-state index in [1.807, 2.05) is 51.0 Å². The predicted octanol–water partition coefficient (Wildman–Crippen LogP) is 4.43. The van der Waals surface area contributed by atoms with Crippen molar-refractivity contribution >= 4 is 35.1 Å². The Morgan fingerprint density at radius 1 is 1.08 bits per heavy atom. The number of nitrogens with one attached hydrogen (secondary N) is 3. The number of aromatic nitrogens is 2. The normalized spacial score (nSPS) is 10.8. The molecule has 0 saturated heterocycles. The zero-order valence-electron chi connectivity index (χ0n) is 22.8. The van der Waals surface area contributed by atoms with E-state index in [1.54, 1.807) is 37.5 Å². The lowest BCUT2D eigenvalue weighted by molar-refractivity contribution is 0.0945. The Bertz CT molecular complexity index is 1410. The van der Waals surface area contributed by atoms with Crippen LogP contribution in [0.5, 0.6) is 0 Å². The van der Waals surface area contributed by atoms with E-state index in [4.69, 9.17) is 15.3 Å². The summed E-state index contributed by atoms with van der Waals surface area (Å²) in [6.45, 7) is 5.10. The van der Waals surface area contributed by atoms with Crippen molar-refractivity contribution in [2.24, 2.45) is 0 Å². The zero-order chi connectivity index (χ0) is 28.4. The van der Waals surface area contributed by atoms with Gasteiger partial charge < -0.3 is 25.6 Å². The molecule has 1 amide bonds. The van der Waals surface area contributed by atoms with E-state index in [-0.39, 0.29) is 24.0 Å². The van der Waals surface area contributed by atoms with Crippen molar-refractivity contribution in [3.63, 3.8) is 0 Å². The van der Waals surface area contributed by atoms with Gasteiger partial charge in [-0.25, -0.2) is 4.98 Å². The SMILES string of the molecule is COCc1nc(Nc2ccc(C#N)cc2)nc(Nc2c(C)cc(/C=C/C#N)cc2C)c1C(=O)NCCN(C)C. The summed E-state index contributed by atoms with van der Waals surface area (Å²) in [6, 6.07) is 14.9. The molecule has 0 atom stereocenters. The molecule has 0 unspecified atom stereocenters. The highest BCUT2D eigenvalue weighted by Crippen LogP contribution is 2.30. The maximum absolute atomic E-state index is 13.4. The number of ether oxygens (including phenoxy) is 1. The fourth-order valence-electron chi connectivity index (χ4n) is 3.91. The molecule has 0 aliphatic carbocycles. The highest BCUT2D eigenvalue weighted by Gasteiger charge is 2.22. The minimum Gasteiger partial charge on any atom is -0.378 e. The number of likely N-dealkylation sites (N-methyl/N-ethyl adjacent to an activating group) is 1. The molecule has 10 heteroatoms. The predicted molar refractivity (Wildman–Crippen MR) is 152 cm³/mol. The van der Waals surface area contributed by atoms with E-state index < -0.39 is 0 Å². The summed E-state index contributed by atoms with van der Waals surface area (Å²) < 4.78 is 5.40. The van der Waals surface area contributed by atoms with Crippen LogP contribution in [0.4, 0.5) is 23.1 Å². The van der Waals surface area contributed by atoms with Crippen molar-refractivity contribution in [2.75, 3.05) is 44.9 Å². The first-order chi connectivity index (χ1) is 18.7. The number of rotatable bonds is 11. The molecule has 0 radical (unpaired) electrons. The summed E-state index contributed by atoms with van der Waals surface area (Å²) in [5.41, 5.74) is 5.44. The molecule has 1 aromatic heterocycles. The van der Waals surface area contributed by atoms with Crippen LogP contribution in [0.2, 0.25) is 0 Å². The molecule has 1 heterocycles. The highest BCUT2D eigenvalue weighted by molar-refractivity contribution is 6.01. The molecular formula is C29H32N8O2. The van der Waals surface area contributed by atoms with Crippen molar-refractivity contribution in [3.8, 4) is 12.1 Å². The molecule has 200 valence electrons. The van der Waals surface area contributed by atoms with Crippen LogP contribution in [0.1, 0.15) is 38.3 Å². The highest BCUT2D eigenvalue weighted by atomic mass is 16.5. The van der Waals surface area contributed by atoms with E-state index in [9.17, 15) is 4.79 Å². The van der Waals surface area contributed by atoms with Gasteiger partial charge in [-0.05, 0) is 87.1 Å². The molecule has 3 rings (SSSR count). The second kappa shape index (κ2) is 13.7. The Balaban J connectivity index is 2.09. The summed E-state index contributed by atoms with van der Waals surface area (Å²) in [5, 5.41) is 27.5. The number of allylic oxidation sites excluding steroid dienone is 1. The second-order valence-electron chi connectivity index (χ2n) is 9.14. The van der Waals surface area contributed by atoms with Crippen molar-refractivity contribution in [3.05, 3.63) is 76.0 Å². The van der Waals surface area contributed by atoms with Crippen LogP contribution < -0.4 is 16.0 Å². The number of nitrogens with zero attached hydrogens (tertiary/aromatic N) is 5. The maximum Gasteiger partial charge on any atom is 0.257 e. The number of nitriles is 2. The molecule has 3 aromatic rings. The first kappa shape index (κ1) is 28.8. The van der Waals surface area contributed by atoms with Gasteiger partial charge in [0.2, 0.25) is 5.95 Å². The van der Waals surface area contributed by atoms with E-state index in [0.717, 1.165) is 22.4 Å². The van der Waals surface area contributed by atoms with Gasteiger partial charge in [0.25, 0.3) is 5.91 Å².